The van der Waals surface area contributed by atoms with Gasteiger partial charge >= 0.3 is 0 Å². The fourth-order valence-corrected chi connectivity index (χ4v) is 2.28. The molecule has 0 amide bonds. The van der Waals surface area contributed by atoms with E-state index in [0.717, 1.165) is 24.3 Å². The summed E-state index contributed by atoms with van der Waals surface area (Å²) < 4.78 is 0. The Morgan fingerprint density at radius 1 is 1.05 bits per heavy atom. The first-order chi connectivity index (χ1) is 10.2. The van der Waals surface area contributed by atoms with E-state index < -0.39 is 0 Å². The Morgan fingerprint density at radius 2 is 1.76 bits per heavy atom. The summed E-state index contributed by atoms with van der Waals surface area (Å²) in [6.45, 7) is 8.53. The molecule has 0 saturated heterocycles. The maximum atomic E-state index is 4.30. The maximum absolute atomic E-state index is 4.30. The van der Waals surface area contributed by atoms with Crippen LogP contribution in [0.3, 0.4) is 0 Å². The lowest BCUT2D eigenvalue weighted by Gasteiger charge is -2.21. The van der Waals surface area contributed by atoms with Crippen LogP contribution in [-0.4, -0.2) is 19.3 Å². The molecule has 2 rings (SSSR count). The number of nitrogens with one attached hydrogen (secondary N) is 1. The molecule has 110 valence electrons. The van der Waals surface area contributed by atoms with Crippen LogP contribution >= 0.6 is 0 Å². The van der Waals surface area contributed by atoms with Crippen molar-refractivity contribution in [3.8, 4) is 0 Å². The summed E-state index contributed by atoms with van der Waals surface area (Å²) in [6.07, 6.45) is 1.87. The first-order valence-corrected chi connectivity index (χ1v) is 7.44. The first kappa shape index (κ1) is 15.1. The number of benzene rings is 2. The highest BCUT2D eigenvalue weighted by Gasteiger charge is 2.03. The van der Waals surface area contributed by atoms with Crippen molar-refractivity contribution in [1.29, 1.82) is 0 Å². The van der Waals surface area contributed by atoms with E-state index >= 15 is 0 Å². The average molecular weight is 281 g/mol. The van der Waals surface area contributed by atoms with E-state index in [1.54, 1.807) is 0 Å². The van der Waals surface area contributed by atoms with Gasteiger partial charge in [0.05, 0.1) is 11.9 Å². The molecule has 0 heterocycles. The zero-order valence-corrected chi connectivity index (χ0v) is 13.0. The van der Waals surface area contributed by atoms with Gasteiger partial charge in [0.25, 0.3) is 0 Å². The van der Waals surface area contributed by atoms with Crippen molar-refractivity contribution in [3.05, 3.63) is 59.7 Å². The third-order valence-electron chi connectivity index (χ3n) is 3.55. The minimum Gasteiger partial charge on any atom is -0.372 e. The largest absolute Gasteiger partial charge is 0.372 e. The second kappa shape index (κ2) is 7.48. The summed E-state index contributed by atoms with van der Waals surface area (Å²) in [6, 6.07) is 16.5. The molecule has 0 aliphatic rings. The lowest BCUT2D eigenvalue weighted by Crippen LogP contribution is -2.21. The fourth-order valence-electron chi connectivity index (χ4n) is 2.28. The molecule has 0 aromatic heterocycles. The molecule has 0 bridgehead atoms. The number of rotatable bonds is 6. The van der Waals surface area contributed by atoms with Crippen molar-refractivity contribution < 1.29 is 0 Å². The van der Waals surface area contributed by atoms with E-state index in [-0.39, 0.29) is 0 Å². The molecule has 0 fully saturated rings. The standard InChI is InChI=1S/C18H23N3/c1-4-21(5-2)18-12-11-16(15(3)13-18)14-19-20-17-9-7-6-8-10-17/h6-14,20H,4-5H2,1-3H3. The molecular formula is C18H23N3. The van der Waals surface area contributed by atoms with Crippen molar-refractivity contribution in [1.82, 2.24) is 0 Å². The molecule has 0 aliphatic heterocycles. The van der Waals surface area contributed by atoms with Crippen LogP contribution in [0, 0.1) is 6.92 Å². The van der Waals surface area contributed by atoms with Gasteiger partial charge in [0.1, 0.15) is 0 Å². The molecule has 3 nitrogen and oxygen atoms in total. The SMILES string of the molecule is CCN(CC)c1ccc(C=NNc2ccccc2)c(C)c1. The second-order valence-electron chi connectivity index (χ2n) is 4.95. The van der Waals surface area contributed by atoms with Gasteiger partial charge in [-0.15, -0.1) is 0 Å². The number of aryl methyl sites for hydroxylation is 1. The van der Waals surface area contributed by atoms with E-state index in [1.165, 1.54) is 11.3 Å². The Bertz CT molecular complexity index is 587. The molecule has 0 radical (unpaired) electrons. The van der Waals surface area contributed by atoms with Gasteiger partial charge in [0.15, 0.2) is 0 Å². The Labute approximate surface area is 127 Å². The summed E-state index contributed by atoms with van der Waals surface area (Å²) >= 11 is 0. The highest BCUT2D eigenvalue weighted by Crippen LogP contribution is 2.18. The van der Waals surface area contributed by atoms with Crippen molar-refractivity contribution in [2.75, 3.05) is 23.4 Å². The Hall–Kier alpha value is -2.29. The molecule has 2 aromatic carbocycles. The molecule has 0 unspecified atom stereocenters. The number of para-hydroxylation sites is 1. The van der Waals surface area contributed by atoms with Gasteiger partial charge < -0.3 is 4.90 Å². The van der Waals surface area contributed by atoms with Crippen LogP contribution in [0.4, 0.5) is 11.4 Å². The van der Waals surface area contributed by atoms with E-state index in [4.69, 9.17) is 0 Å². The topological polar surface area (TPSA) is 27.6 Å². The van der Waals surface area contributed by atoms with Crippen LogP contribution in [0.25, 0.3) is 0 Å². The smallest absolute Gasteiger partial charge is 0.0561 e. The Kier molecular flexibility index (Phi) is 5.38. The van der Waals surface area contributed by atoms with Crippen LogP contribution in [-0.2, 0) is 0 Å². The number of anilines is 2. The fraction of sp³-hybridized carbons (Fsp3) is 0.278. The highest BCUT2D eigenvalue weighted by atomic mass is 15.3. The zero-order valence-electron chi connectivity index (χ0n) is 13.0. The van der Waals surface area contributed by atoms with Gasteiger partial charge in [0, 0.05) is 18.8 Å². The monoisotopic (exact) mass is 281 g/mol. The van der Waals surface area contributed by atoms with E-state index in [9.17, 15) is 0 Å². The second-order valence-corrected chi connectivity index (χ2v) is 4.95. The molecule has 0 spiro atoms. The normalized spacial score (nSPS) is 10.8. The third kappa shape index (κ3) is 4.09. The predicted molar refractivity (Wildman–Crippen MR) is 92.4 cm³/mol. The molecule has 3 heteroatoms. The molecule has 1 N–H and O–H groups in total. The number of hydrogen-bond donors (Lipinski definition) is 1. The lowest BCUT2D eigenvalue weighted by atomic mass is 10.1. The molecular weight excluding hydrogens is 258 g/mol. The van der Waals surface area contributed by atoms with Gasteiger partial charge in [-0.3, -0.25) is 5.43 Å². The molecule has 0 aliphatic carbocycles. The van der Waals surface area contributed by atoms with Crippen molar-refractivity contribution in [2.24, 2.45) is 5.10 Å². The molecule has 0 saturated carbocycles. The minimum absolute atomic E-state index is 0.992. The third-order valence-corrected chi connectivity index (χ3v) is 3.55. The number of hydrazone groups is 1. The van der Waals surface area contributed by atoms with E-state index in [1.807, 2.05) is 36.5 Å². The first-order valence-electron chi connectivity index (χ1n) is 7.44. The average Bonchev–Trinajstić information content (AvgIpc) is 2.51. The Balaban J connectivity index is 2.07. The summed E-state index contributed by atoms with van der Waals surface area (Å²) in [4.78, 5) is 2.34. The number of nitrogens with zero attached hydrogens (tertiary/aromatic N) is 2. The molecule has 21 heavy (non-hydrogen) atoms. The van der Waals surface area contributed by atoms with Gasteiger partial charge in [-0.25, -0.2) is 0 Å². The van der Waals surface area contributed by atoms with E-state index in [0.29, 0.717) is 0 Å². The van der Waals surface area contributed by atoms with Crippen LogP contribution in [0.15, 0.2) is 53.6 Å². The van der Waals surface area contributed by atoms with Crippen molar-refractivity contribution in [3.63, 3.8) is 0 Å². The van der Waals surface area contributed by atoms with E-state index in [2.05, 4.69) is 54.4 Å². The molecule has 2 aromatic rings. The minimum atomic E-state index is 0.992. The van der Waals surface area contributed by atoms with Crippen LogP contribution in [0.2, 0.25) is 0 Å². The van der Waals surface area contributed by atoms with Gasteiger partial charge in [-0.05, 0) is 56.2 Å². The van der Waals surface area contributed by atoms with Gasteiger partial charge in [0.2, 0.25) is 0 Å². The lowest BCUT2D eigenvalue weighted by molar-refractivity contribution is 0.865. The van der Waals surface area contributed by atoms with Crippen LogP contribution < -0.4 is 10.3 Å². The van der Waals surface area contributed by atoms with Gasteiger partial charge in [-0.1, -0.05) is 24.3 Å². The summed E-state index contributed by atoms with van der Waals surface area (Å²) in [5, 5.41) is 4.30. The quantitative estimate of drug-likeness (QED) is 0.632. The summed E-state index contributed by atoms with van der Waals surface area (Å²) in [5.41, 5.74) is 7.67. The summed E-state index contributed by atoms with van der Waals surface area (Å²) in [5.74, 6) is 0. The number of hydrogen-bond acceptors (Lipinski definition) is 3. The predicted octanol–water partition coefficient (Wildman–Crippen LogP) is 4.29. The highest BCUT2D eigenvalue weighted by molar-refractivity contribution is 5.83. The Morgan fingerprint density at radius 3 is 2.38 bits per heavy atom. The van der Waals surface area contributed by atoms with Crippen LogP contribution in [0.5, 0.6) is 0 Å². The molecule has 0 atom stereocenters. The zero-order chi connectivity index (χ0) is 15.1. The summed E-state index contributed by atoms with van der Waals surface area (Å²) in [7, 11) is 0. The van der Waals surface area contributed by atoms with Crippen molar-refractivity contribution >= 4 is 17.6 Å². The maximum Gasteiger partial charge on any atom is 0.0561 e. The van der Waals surface area contributed by atoms with Crippen molar-refractivity contribution in [2.45, 2.75) is 20.8 Å². The van der Waals surface area contributed by atoms with Crippen LogP contribution in [0.1, 0.15) is 25.0 Å². The van der Waals surface area contributed by atoms with Gasteiger partial charge in [-0.2, -0.15) is 5.10 Å².